The lowest BCUT2D eigenvalue weighted by Crippen LogP contribution is -2.37. The summed E-state index contributed by atoms with van der Waals surface area (Å²) in [4.78, 5) is 13.8. The Labute approximate surface area is 97.2 Å². The van der Waals surface area contributed by atoms with Gasteiger partial charge in [0.25, 0.3) is 5.91 Å². The number of aryl methyl sites for hydroxylation is 1. The number of carbonyl (C=O) groups is 1. The van der Waals surface area contributed by atoms with Crippen LogP contribution in [-0.4, -0.2) is 30.4 Å². The summed E-state index contributed by atoms with van der Waals surface area (Å²) in [6, 6.07) is 7.72. The van der Waals surface area contributed by atoms with E-state index >= 15 is 0 Å². The number of carbonyl (C=O) groups excluding carboxylic acids is 1. The maximum Gasteiger partial charge on any atom is 0.253 e. The third kappa shape index (κ3) is 3.07. The monoisotopic (exact) mass is 220 g/mol. The van der Waals surface area contributed by atoms with Crippen molar-refractivity contribution in [2.45, 2.75) is 26.3 Å². The second-order valence-electron chi connectivity index (χ2n) is 4.17. The molecule has 1 amide bonds. The molecule has 0 fully saturated rings. The molecular weight excluding hydrogens is 200 g/mol. The number of benzene rings is 1. The van der Waals surface area contributed by atoms with Gasteiger partial charge in [-0.15, -0.1) is 0 Å². The fraction of sp³-hybridized carbons (Fsp3) is 0.462. The third-order valence-corrected chi connectivity index (χ3v) is 2.54. The fourth-order valence-electron chi connectivity index (χ4n) is 1.76. The first-order chi connectivity index (χ1) is 7.56. The lowest BCUT2D eigenvalue weighted by Gasteiger charge is -2.20. The van der Waals surface area contributed by atoms with Crippen molar-refractivity contribution in [3.63, 3.8) is 0 Å². The number of nitrogens with zero attached hydrogens (tertiary/aromatic N) is 1. The summed E-state index contributed by atoms with van der Waals surface area (Å²) in [7, 11) is 1.79. The molecule has 1 atom stereocenters. The molecule has 2 N–H and O–H groups in total. The second kappa shape index (κ2) is 5.66. The van der Waals surface area contributed by atoms with Gasteiger partial charge >= 0.3 is 0 Å². The molecule has 88 valence electrons. The lowest BCUT2D eigenvalue weighted by molar-refractivity contribution is 0.0788. The van der Waals surface area contributed by atoms with Crippen molar-refractivity contribution in [2.75, 3.05) is 13.6 Å². The van der Waals surface area contributed by atoms with Crippen LogP contribution in [0.5, 0.6) is 0 Å². The first kappa shape index (κ1) is 12.7. The predicted molar refractivity (Wildman–Crippen MR) is 66.4 cm³/mol. The van der Waals surface area contributed by atoms with Crippen LogP contribution in [0.25, 0.3) is 0 Å². The van der Waals surface area contributed by atoms with Crippen molar-refractivity contribution < 1.29 is 4.79 Å². The normalized spacial score (nSPS) is 12.2. The fourth-order valence-corrected chi connectivity index (χ4v) is 1.76. The Morgan fingerprint density at radius 3 is 2.62 bits per heavy atom. The molecule has 0 aliphatic rings. The molecule has 0 aromatic heterocycles. The number of likely N-dealkylation sites (N-methyl/N-ethyl adjacent to an activating group) is 1. The van der Waals surface area contributed by atoms with Crippen LogP contribution < -0.4 is 5.73 Å². The highest BCUT2D eigenvalue weighted by molar-refractivity contribution is 5.95. The van der Waals surface area contributed by atoms with Crippen molar-refractivity contribution in [3.05, 3.63) is 35.4 Å². The molecule has 1 rings (SSSR count). The van der Waals surface area contributed by atoms with E-state index in [1.807, 2.05) is 31.2 Å². The maximum atomic E-state index is 12.1. The van der Waals surface area contributed by atoms with Gasteiger partial charge in [0, 0.05) is 25.2 Å². The molecule has 3 nitrogen and oxygen atoms in total. The number of hydrogen-bond donors (Lipinski definition) is 1. The van der Waals surface area contributed by atoms with Crippen LogP contribution in [0.15, 0.2) is 24.3 Å². The van der Waals surface area contributed by atoms with Crippen molar-refractivity contribution in [1.82, 2.24) is 4.90 Å². The number of rotatable bonds is 4. The van der Waals surface area contributed by atoms with Crippen molar-refractivity contribution in [3.8, 4) is 0 Å². The first-order valence-corrected chi connectivity index (χ1v) is 5.65. The minimum Gasteiger partial charge on any atom is -0.340 e. The van der Waals surface area contributed by atoms with Crippen LogP contribution in [0.2, 0.25) is 0 Å². The van der Waals surface area contributed by atoms with E-state index in [1.165, 1.54) is 0 Å². The quantitative estimate of drug-likeness (QED) is 0.839. The Kier molecular flexibility index (Phi) is 4.50. The van der Waals surface area contributed by atoms with Crippen LogP contribution in [0.1, 0.15) is 29.8 Å². The number of hydrogen-bond acceptors (Lipinski definition) is 2. The number of amides is 1. The smallest absolute Gasteiger partial charge is 0.253 e. The van der Waals surface area contributed by atoms with Crippen molar-refractivity contribution >= 4 is 5.91 Å². The molecule has 0 radical (unpaired) electrons. The molecule has 3 heteroatoms. The SMILES string of the molecule is CCc1ccccc1C(=O)N(C)CC(C)N. The average Bonchev–Trinajstić information content (AvgIpc) is 2.27. The molecule has 1 aromatic rings. The van der Waals surface area contributed by atoms with Gasteiger partial charge in [-0.05, 0) is 25.0 Å². The number of nitrogens with two attached hydrogens (primary N) is 1. The maximum absolute atomic E-state index is 12.1. The highest BCUT2D eigenvalue weighted by Crippen LogP contribution is 2.11. The van der Waals surface area contributed by atoms with Gasteiger partial charge in [-0.1, -0.05) is 25.1 Å². The molecular formula is C13H20N2O. The van der Waals surface area contributed by atoms with E-state index in [1.54, 1.807) is 11.9 Å². The van der Waals surface area contributed by atoms with E-state index in [0.717, 1.165) is 17.5 Å². The molecule has 16 heavy (non-hydrogen) atoms. The highest BCUT2D eigenvalue weighted by atomic mass is 16.2. The lowest BCUT2D eigenvalue weighted by atomic mass is 10.0. The molecule has 0 aliphatic heterocycles. The Balaban J connectivity index is 2.87. The van der Waals surface area contributed by atoms with Crippen LogP contribution in [0, 0.1) is 0 Å². The van der Waals surface area contributed by atoms with E-state index in [2.05, 4.69) is 6.92 Å². The standard InChI is InChI=1S/C13H20N2O/c1-4-11-7-5-6-8-12(11)13(16)15(3)9-10(2)14/h5-8,10H,4,9,14H2,1-3H3. The van der Waals surface area contributed by atoms with Crippen molar-refractivity contribution in [2.24, 2.45) is 5.73 Å². The van der Waals surface area contributed by atoms with Gasteiger partial charge in [0.15, 0.2) is 0 Å². The van der Waals surface area contributed by atoms with Gasteiger partial charge in [-0.2, -0.15) is 0 Å². The van der Waals surface area contributed by atoms with Gasteiger partial charge in [0.2, 0.25) is 0 Å². The third-order valence-electron chi connectivity index (χ3n) is 2.54. The summed E-state index contributed by atoms with van der Waals surface area (Å²) in [6.07, 6.45) is 0.869. The van der Waals surface area contributed by atoms with Crippen LogP contribution in [-0.2, 0) is 6.42 Å². The summed E-state index contributed by atoms with van der Waals surface area (Å²) >= 11 is 0. The zero-order chi connectivity index (χ0) is 12.1. The molecule has 0 saturated carbocycles. The Morgan fingerprint density at radius 2 is 2.06 bits per heavy atom. The summed E-state index contributed by atoms with van der Waals surface area (Å²) in [5, 5.41) is 0. The Morgan fingerprint density at radius 1 is 1.44 bits per heavy atom. The molecule has 0 aliphatic carbocycles. The van der Waals surface area contributed by atoms with Gasteiger partial charge in [-0.25, -0.2) is 0 Å². The van der Waals surface area contributed by atoms with E-state index < -0.39 is 0 Å². The van der Waals surface area contributed by atoms with Crippen LogP contribution >= 0.6 is 0 Å². The largest absolute Gasteiger partial charge is 0.340 e. The van der Waals surface area contributed by atoms with Crippen LogP contribution in [0.4, 0.5) is 0 Å². The molecule has 0 heterocycles. The minimum absolute atomic E-state index is 0.00254. The van der Waals surface area contributed by atoms with E-state index in [9.17, 15) is 4.79 Å². The van der Waals surface area contributed by atoms with E-state index in [0.29, 0.717) is 6.54 Å². The van der Waals surface area contributed by atoms with Crippen molar-refractivity contribution in [1.29, 1.82) is 0 Å². The highest BCUT2D eigenvalue weighted by Gasteiger charge is 2.15. The zero-order valence-electron chi connectivity index (χ0n) is 10.2. The zero-order valence-corrected chi connectivity index (χ0v) is 10.2. The molecule has 1 unspecified atom stereocenters. The summed E-state index contributed by atoms with van der Waals surface area (Å²) in [6.45, 7) is 4.53. The topological polar surface area (TPSA) is 46.3 Å². The van der Waals surface area contributed by atoms with Gasteiger partial charge in [0.05, 0.1) is 0 Å². The van der Waals surface area contributed by atoms with Gasteiger partial charge in [0.1, 0.15) is 0 Å². The van der Waals surface area contributed by atoms with E-state index in [4.69, 9.17) is 5.73 Å². The Bertz CT molecular complexity index is 361. The summed E-state index contributed by atoms with van der Waals surface area (Å²) < 4.78 is 0. The van der Waals surface area contributed by atoms with Crippen LogP contribution in [0.3, 0.4) is 0 Å². The first-order valence-electron chi connectivity index (χ1n) is 5.65. The van der Waals surface area contributed by atoms with Gasteiger partial charge in [-0.3, -0.25) is 4.79 Å². The minimum atomic E-state index is 0.00254. The average molecular weight is 220 g/mol. The molecule has 0 saturated heterocycles. The molecule has 1 aromatic carbocycles. The van der Waals surface area contributed by atoms with Gasteiger partial charge < -0.3 is 10.6 Å². The molecule has 0 bridgehead atoms. The second-order valence-corrected chi connectivity index (χ2v) is 4.17. The predicted octanol–water partition coefficient (Wildman–Crippen LogP) is 1.67. The molecule has 0 spiro atoms. The summed E-state index contributed by atoms with van der Waals surface area (Å²) in [5.74, 6) is 0.0507. The Hall–Kier alpha value is -1.35. The summed E-state index contributed by atoms with van der Waals surface area (Å²) in [5.41, 5.74) is 7.56. The van der Waals surface area contributed by atoms with E-state index in [-0.39, 0.29) is 11.9 Å².